The first-order valence-electron chi connectivity index (χ1n) is 6.26. The van der Waals surface area contributed by atoms with Gasteiger partial charge in [0.25, 0.3) is 0 Å². The fourth-order valence-corrected chi connectivity index (χ4v) is 2.11. The zero-order valence-corrected chi connectivity index (χ0v) is 13.3. The quantitative estimate of drug-likeness (QED) is 0.742. The lowest BCUT2D eigenvalue weighted by Crippen LogP contribution is -2.01. The molecule has 21 heavy (non-hydrogen) atoms. The van der Waals surface area contributed by atoms with Crippen LogP contribution in [0.1, 0.15) is 15.9 Å². The van der Waals surface area contributed by atoms with Crippen LogP contribution in [0.3, 0.4) is 0 Å². The standard InChI is InChI=1S/C16H15BrO4/c1-19-14-7-12(9-18)8-15(20-2)16(14)21-10-11-3-5-13(17)6-4-11/h3-9H,10H2,1-2H3. The molecule has 110 valence electrons. The molecule has 0 saturated carbocycles. The van der Waals surface area contributed by atoms with E-state index in [1.165, 1.54) is 14.2 Å². The second kappa shape index (κ2) is 7.13. The summed E-state index contributed by atoms with van der Waals surface area (Å²) >= 11 is 3.39. The lowest BCUT2D eigenvalue weighted by Gasteiger charge is -2.15. The molecule has 0 aromatic heterocycles. The lowest BCUT2D eigenvalue weighted by molar-refractivity contribution is 0.112. The van der Waals surface area contributed by atoms with Crippen LogP contribution in [-0.4, -0.2) is 20.5 Å². The molecule has 5 heteroatoms. The summed E-state index contributed by atoms with van der Waals surface area (Å²) in [5, 5.41) is 0. The Labute approximate surface area is 131 Å². The summed E-state index contributed by atoms with van der Waals surface area (Å²) in [7, 11) is 3.05. The van der Waals surface area contributed by atoms with Crippen molar-refractivity contribution in [3.05, 3.63) is 52.0 Å². The Hall–Kier alpha value is -2.01. The first-order chi connectivity index (χ1) is 10.2. The molecule has 0 spiro atoms. The van der Waals surface area contributed by atoms with E-state index in [1.807, 2.05) is 24.3 Å². The van der Waals surface area contributed by atoms with Crippen LogP contribution in [0.15, 0.2) is 40.9 Å². The molecule has 0 atom stereocenters. The Morgan fingerprint density at radius 2 is 1.62 bits per heavy atom. The smallest absolute Gasteiger partial charge is 0.203 e. The highest BCUT2D eigenvalue weighted by Crippen LogP contribution is 2.38. The number of halogens is 1. The highest BCUT2D eigenvalue weighted by Gasteiger charge is 2.14. The molecule has 2 aromatic rings. The molecule has 0 N–H and O–H groups in total. The van der Waals surface area contributed by atoms with Gasteiger partial charge in [-0.15, -0.1) is 0 Å². The fraction of sp³-hybridized carbons (Fsp3) is 0.188. The SMILES string of the molecule is COc1cc(C=O)cc(OC)c1OCc1ccc(Br)cc1. The number of methoxy groups -OCH3 is 2. The van der Waals surface area contributed by atoms with E-state index in [0.29, 0.717) is 29.4 Å². The molecular weight excluding hydrogens is 336 g/mol. The van der Waals surface area contributed by atoms with Gasteiger partial charge in [-0.05, 0) is 29.8 Å². The molecule has 0 aliphatic rings. The van der Waals surface area contributed by atoms with Gasteiger partial charge in [0.2, 0.25) is 5.75 Å². The molecule has 4 nitrogen and oxygen atoms in total. The van der Waals surface area contributed by atoms with Crippen LogP contribution in [-0.2, 0) is 6.61 Å². The monoisotopic (exact) mass is 350 g/mol. The summed E-state index contributed by atoms with van der Waals surface area (Å²) in [5.41, 5.74) is 1.49. The molecule has 0 heterocycles. The van der Waals surface area contributed by atoms with Crippen LogP contribution in [0.25, 0.3) is 0 Å². The van der Waals surface area contributed by atoms with E-state index in [2.05, 4.69) is 15.9 Å². The predicted molar refractivity (Wildman–Crippen MR) is 83.4 cm³/mol. The van der Waals surface area contributed by atoms with Crippen LogP contribution in [0.4, 0.5) is 0 Å². The highest BCUT2D eigenvalue weighted by molar-refractivity contribution is 9.10. The summed E-state index contributed by atoms with van der Waals surface area (Å²) in [6, 6.07) is 11.1. The van der Waals surface area contributed by atoms with Gasteiger partial charge >= 0.3 is 0 Å². The van der Waals surface area contributed by atoms with Crippen LogP contribution in [0.2, 0.25) is 0 Å². The maximum absolute atomic E-state index is 10.9. The van der Waals surface area contributed by atoms with Gasteiger partial charge < -0.3 is 14.2 Å². The molecular formula is C16H15BrO4. The van der Waals surface area contributed by atoms with Gasteiger partial charge in [0.05, 0.1) is 14.2 Å². The Bertz CT molecular complexity index is 598. The van der Waals surface area contributed by atoms with Crippen LogP contribution >= 0.6 is 15.9 Å². The Balaban J connectivity index is 2.25. The number of ether oxygens (including phenoxy) is 3. The zero-order chi connectivity index (χ0) is 15.2. The first-order valence-corrected chi connectivity index (χ1v) is 7.05. The van der Waals surface area contributed by atoms with Crippen LogP contribution < -0.4 is 14.2 Å². The van der Waals surface area contributed by atoms with E-state index in [9.17, 15) is 4.79 Å². The fourth-order valence-electron chi connectivity index (χ4n) is 1.85. The van der Waals surface area contributed by atoms with Crippen molar-refractivity contribution in [1.82, 2.24) is 0 Å². The number of carbonyl (C=O) groups is 1. The second-order valence-corrected chi connectivity index (χ2v) is 5.20. The molecule has 0 bridgehead atoms. The predicted octanol–water partition coefficient (Wildman–Crippen LogP) is 3.86. The van der Waals surface area contributed by atoms with Gasteiger partial charge in [0.15, 0.2) is 11.5 Å². The number of aldehydes is 1. The third-order valence-corrected chi connectivity index (χ3v) is 3.44. The summed E-state index contributed by atoms with van der Waals surface area (Å²) in [6.45, 7) is 0.375. The van der Waals surface area contributed by atoms with Crippen molar-refractivity contribution in [2.45, 2.75) is 6.61 Å². The highest BCUT2D eigenvalue weighted by atomic mass is 79.9. The van der Waals surface area contributed by atoms with Gasteiger partial charge in [0, 0.05) is 10.0 Å². The zero-order valence-electron chi connectivity index (χ0n) is 11.8. The molecule has 0 unspecified atom stereocenters. The van der Waals surface area contributed by atoms with Crippen molar-refractivity contribution in [3.8, 4) is 17.2 Å². The molecule has 2 aromatic carbocycles. The van der Waals surface area contributed by atoms with Crippen molar-refractivity contribution in [2.75, 3.05) is 14.2 Å². The number of benzene rings is 2. The van der Waals surface area contributed by atoms with Crippen LogP contribution in [0.5, 0.6) is 17.2 Å². The molecule has 2 rings (SSSR count). The molecule has 0 saturated heterocycles. The van der Waals surface area contributed by atoms with E-state index in [-0.39, 0.29) is 0 Å². The van der Waals surface area contributed by atoms with E-state index in [0.717, 1.165) is 16.3 Å². The molecule has 0 aliphatic carbocycles. The topological polar surface area (TPSA) is 44.8 Å². The maximum Gasteiger partial charge on any atom is 0.203 e. The molecule has 0 fully saturated rings. The van der Waals surface area contributed by atoms with Crippen molar-refractivity contribution < 1.29 is 19.0 Å². The minimum absolute atomic E-state index is 0.375. The molecule has 0 amide bonds. The maximum atomic E-state index is 10.9. The molecule has 0 aliphatic heterocycles. The van der Waals surface area contributed by atoms with Gasteiger partial charge in [-0.25, -0.2) is 0 Å². The normalized spacial score (nSPS) is 10.0. The summed E-state index contributed by atoms with van der Waals surface area (Å²) in [6.07, 6.45) is 0.740. The first kappa shape index (κ1) is 15.4. The van der Waals surface area contributed by atoms with E-state index < -0.39 is 0 Å². The Morgan fingerprint density at radius 3 is 2.10 bits per heavy atom. The number of carbonyl (C=O) groups excluding carboxylic acids is 1. The van der Waals surface area contributed by atoms with Crippen LogP contribution in [0, 0.1) is 0 Å². The largest absolute Gasteiger partial charge is 0.493 e. The number of rotatable bonds is 6. The van der Waals surface area contributed by atoms with E-state index >= 15 is 0 Å². The van der Waals surface area contributed by atoms with E-state index in [1.54, 1.807) is 12.1 Å². The van der Waals surface area contributed by atoms with Crippen molar-refractivity contribution in [1.29, 1.82) is 0 Å². The van der Waals surface area contributed by atoms with Gasteiger partial charge in [-0.1, -0.05) is 28.1 Å². The van der Waals surface area contributed by atoms with Crippen molar-refractivity contribution >= 4 is 22.2 Å². The number of hydrogen-bond acceptors (Lipinski definition) is 4. The van der Waals surface area contributed by atoms with Gasteiger partial charge in [0.1, 0.15) is 12.9 Å². The lowest BCUT2D eigenvalue weighted by atomic mass is 10.2. The van der Waals surface area contributed by atoms with Gasteiger partial charge in [-0.3, -0.25) is 4.79 Å². The average Bonchev–Trinajstić information content (AvgIpc) is 2.53. The summed E-state index contributed by atoms with van der Waals surface area (Å²) < 4.78 is 17.3. The minimum Gasteiger partial charge on any atom is -0.493 e. The molecule has 0 radical (unpaired) electrons. The Kier molecular flexibility index (Phi) is 5.22. The number of hydrogen-bond donors (Lipinski definition) is 0. The van der Waals surface area contributed by atoms with Crippen molar-refractivity contribution in [3.63, 3.8) is 0 Å². The van der Waals surface area contributed by atoms with E-state index in [4.69, 9.17) is 14.2 Å². The summed E-state index contributed by atoms with van der Waals surface area (Å²) in [5.74, 6) is 1.41. The Morgan fingerprint density at radius 1 is 1.05 bits per heavy atom. The third-order valence-electron chi connectivity index (χ3n) is 2.92. The average molecular weight is 351 g/mol. The minimum atomic E-state index is 0.375. The third kappa shape index (κ3) is 3.76. The second-order valence-electron chi connectivity index (χ2n) is 4.29. The van der Waals surface area contributed by atoms with Crippen molar-refractivity contribution in [2.24, 2.45) is 0 Å². The summed E-state index contributed by atoms with van der Waals surface area (Å²) in [4.78, 5) is 10.9. The van der Waals surface area contributed by atoms with Gasteiger partial charge in [-0.2, -0.15) is 0 Å².